The van der Waals surface area contributed by atoms with Gasteiger partial charge in [0.05, 0.1) is 39.6 Å². The Kier molecular flexibility index (Phi) is 8.84. The fraction of sp³-hybridized carbons (Fsp3) is 0.462. The van der Waals surface area contributed by atoms with Gasteiger partial charge in [-0.2, -0.15) is 0 Å². The Bertz CT molecular complexity index is 988. The predicted octanol–water partition coefficient (Wildman–Crippen LogP) is 5.89. The van der Waals surface area contributed by atoms with E-state index in [2.05, 4.69) is 0 Å². The summed E-state index contributed by atoms with van der Waals surface area (Å²) in [4.78, 5) is 28.4. The van der Waals surface area contributed by atoms with E-state index in [-0.39, 0.29) is 28.0 Å². The molecule has 0 aliphatic rings. The van der Waals surface area contributed by atoms with E-state index in [1.165, 1.54) is 40.6 Å². The van der Waals surface area contributed by atoms with E-state index in [4.69, 9.17) is 18.9 Å². The third-order valence-corrected chi connectivity index (χ3v) is 6.91. The second-order valence-electron chi connectivity index (χ2n) is 9.31. The van der Waals surface area contributed by atoms with E-state index in [0.29, 0.717) is 17.9 Å². The first-order valence-corrected chi connectivity index (χ1v) is 11.7. The zero-order valence-electron chi connectivity index (χ0n) is 21.1. The second-order valence-corrected chi connectivity index (χ2v) is 10.2. The van der Waals surface area contributed by atoms with Gasteiger partial charge in [-0.25, -0.2) is 0 Å². The highest BCUT2D eigenvalue weighted by atomic mass is 31.1. The highest BCUT2D eigenvalue weighted by molar-refractivity contribution is 7.30. The third kappa shape index (κ3) is 5.41. The molecule has 0 fully saturated rings. The molecule has 2 aromatic carbocycles. The first kappa shape index (κ1) is 27.3. The summed E-state index contributed by atoms with van der Waals surface area (Å²) in [6.45, 7) is 7.78. The lowest BCUT2D eigenvalue weighted by Gasteiger charge is -2.35. The Labute approximate surface area is 202 Å². The van der Waals surface area contributed by atoms with Crippen LogP contribution in [-0.2, 0) is 4.57 Å². The molecule has 0 radical (unpaired) electrons. The highest BCUT2D eigenvalue weighted by Crippen LogP contribution is 2.46. The Balaban J connectivity index is 2.85. The number of hydrogen-bond donors (Lipinski definition) is 0. The fourth-order valence-electron chi connectivity index (χ4n) is 4.18. The topological polar surface area (TPSA) is 88.1 Å². The molecule has 34 heavy (non-hydrogen) atoms. The maximum Gasteiger partial charge on any atom is 0.192 e. The van der Waals surface area contributed by atoms with Crippen molar-refractivity contribution >= 4 is 20.0 Å². The van der Waals surface area contributed by atoms with Crippen molar-refractivity contribution in [1.82, 2.24) is 0 Å². The van der Waals surface area contributed by atoms with Crippen molar-refractivity contribution in [2.45, 2.75) is 39.3 Å². The summed E-state index contributed by atoms with van der Waals surface area (Å²) >= 11 is 0. The molecule has 1 unspecified atom stereocenters. The van der Waals surface area contributed by atoms with Gasteiger partial charge in [-0.05, 0) is 54.2 Å². The van der Waals surface area contributed by atoms with Crippen LogP contribution in [-0.4, -0.2) is 45.2 Å². The highest BCUT2D eigenvalue weighted by Gasteiger charge is 2.54. The molecular weight excluding hydrogens is 455 g/mol. The molecule has 0 aliphatic carbocycles. The van der Waals surface area contributed by atoms with Crippen LogP contribution in [0.3, 0.4) is 0 Å². The molecule has 2 aromatic rings. The van der Waals surface area contributed by atoms with Gasteiger partial charge in [-0.3, -0.25) is 14.2 Å². The lowest BCUT2D eigenvalue weighted by molar-refractivity contribution is 0.0767. The summed E-state index contributed by atoms with van der Waals surface area (Å²) in [6, 6.07) is 9.48. The van der Waals surface area contributed by atoms with Gasteiger partial charge in [-0.1, -0.05) is 27.7 Å². The van der Waals surface area contributed by atoms with Gasteiger partial charge in [0.1, 0.15) is 23.0 Å². The summed E-state index contributed by atoms with van der Waals surface area (Å²) in [5.41, 5.74) is -0.0188. The number of methoxy groups -OCH3 is 4. The minimum Gasteiger partial charge on any atom is -0.497 e. The Morgan fingerprint density at radius 2 is 1.21 bits per heavy atom. The smallest absolute Gasteiger partial charge is 0.192 e. The van der Waals surface area contributed by atoms with Crippen molar-refractivity contribution in [1.29, 1.82) is 0 Å². The summed E-state index contributed by atoms with van der Waals surface area (Å²) in [6.07, 6.45) is 0.457. The molecule has 0 spiro atoms. The van der Waals surface area contributed by atoms with Crippen molar-refractivity contribution < 1.29 is 33.1 Å². The lowest BCUT2D eigenvalue weighted by atomic mass is 9.73. The van der Waals surface area contributed by atoms with Crippen molar-refractivity contribution in [3.63, 3.8) is 0 Å². The van der Waals surface area contributed by atoms with Crippen LogP contribution in [0.15, 0.2) is 36.4 Å². The molecule has 0 amide bonds. The van der Waals surface area contributed by atoms with E-state index in [1.54, 1.807) is 31.2 Å². The normalized spacial score (nSPS) is 12.7. The zero-order valence-corrected chi connectivity index (χ0v) is 21.9. The molecule has 0 aliphatic heterocycles. The van der Waals surface area contributed by atoms with Gasteiger partial charge in [0.15, 0.2) is 25.2 Å². The van der Waals surface area contributed by atoms with Crippen molar-refractivity contribution in [2.75, 3.05) is 28.4 Å². The summed E-state index contributed by atoms with van der Waals surface area (Å²) in [5, 5.41) is -1.94. The molecule has 0 saturated heterocycles. The molecule has 0 aromatic heterocycles. The third-order valence-electron chi connectivity index (χ3n) is 5.77. The monoisotopic (exact) mass is 488 g/mol. The average molecular weight is 489 g/mol. The molecule has 184 valence electrons. The van der Waals surface area contributed by atoms with E-state index >= 15 is 0 Å². The SMILES string of the molecule is COc1ccc(OC)c(C(=O)C(P=O)(C(=O)c2cc(OC)ccc2OC)C(C)CC(C)(C)C)c1. The quantitative estimate of drug-likeness (QED) is 0.221. The van der Waals surface area contributed by atoms with E-state index in [0.717, 1.165) is 0 Å². The van der Waals surface area contributed by atoms with Gasteiger partial charge in [-0.15, -0.1) is 0 Å². The Hall–Kier alpha value is -2.92. The minimum atomic E-state index is -1.94. The van der Waals surface area contributed by atoms with Gasteiger partial charge >= 0.3 is 0 Å². The van der Waals surface area contributed by atoms with Gasteiger partial charge in [0.25, 0.3) is 0 Å². The van der Waals surface area contributed by atoms with Crippen LogP contribution in [0.4, 0.5) is 0 Å². The number of Topliss-reactive ketones (excluding diaryl/α,β-unsaturated/α-hetero) is 2. The average Bonchev–Trinajstić information content (AvgIpc) is 2.82. The summed E-state index contributed by atoms with van der Waals surface area (Å²) in [7, 11) is 5.18. The summed E-state index contributed by atoms with van der Waals surface area (Å²) < 4.78 is 34.4. The predicted molar refractivity (Wildman–Crippen MR) is 131 cm³/mol. The number of carbonyl (C=O) groups is 2. The van der Waals surface area contributed by atoms with Crippen LogP contribution in [0, 0.1) is 11.3 Å². The molecule has 7 nitrogen and oxygen atoms in total. The van der Waals surface area contributed by atoms with Crippen molar-refractivity contribution in [3.05, 3.63) is 47.5 Å². The van der Waals surface area contributed by atoms with Crippen LogP contribution in [0.5, 0.6) is 23.0 Å². The number of ether oxygens (including phenoxy) is 4. The van der Waals surface area contributed by atoms with Crippen LogP contribution < -0.4 is 18.9 Å². The zero-order chi connectivity index (χ0) is 25.7. The van der Waals surface area contributed by atoms with E-state index < -0.39 is 31.1 Å². The minimum absolute atomic E-state index is 0.112. The first-order chi connectivity index (χ1) is 16.0. The van der Waals surface area contributed by atoms with Crippen molar-refractivity contribution in [3.8, 4) is 23.0 Å². The number of benzene rings is 2. The Morgan fingerprint density at radius 3 is 1.50 bits per heavy atom. The first-order valence-electron chi connectivity index (χ1n) is 10.9. The molecule has 0 saturated carbocycles. The van der Waals surface area contributed by atoms with Gasteiger partial charge in [0, 0.05) is 0 Å². The number of ketones is 2. The van der Waals surface area contributed by atoms with Crippen LogP contribution in [0.2, 0.25) is 0 Å². The van der Waals surface area contributed by atoms with Crippen molar-refractivity contribution in [2.24, 2.45) is 11.3 Å². The molecule has 1 atom stereocenters. The van der Waals surface area contributed by atoms with E-state index in [1.807, 2.05) is 20.8 Å². The van der Waals surface area contributed by atoms with Crippen LogP contribution in [0.1, 0.15) is 54.8 Å². The molecule has 0 heterocycles. The molecule has 8 heteroatoms. The number of rotatable bonds is 11. The largest absolute Gasteiger partial charge is 0.497 e. The molecular formula is C26H33O7P. The van der Waals surface area contributed by atoms with Gasteiger partial charge in [0.2, 0.25) is 0 Å². The lowest BCUT2D eigenvalue weighted by Crippen LogP contribution is -2.48. The maximum atomic E-state index is 14.2. The van der Waals surface area contributed by atoms with E-state index in [9.17, 15) is 14.2 Å². The van der Waals surface area contributed by atoms with Crippen LogP contribution >= 0.6 is 8.46 Å². The fourth-order valence-corrected chi connectivity index (χ4v) is 4.86. The second kappa shape index (κ2) is 11.0. The Morgan fingerprint density at radius 1 is 0.794 bits per heavy atom. The van der Waals surface area contributed by atoms with Crippen LogP contribution in [0.25, 0.3) is 0 Å². The van der Waals surface area contributed by atoms with Gasteiger partial charge < -0.3 is 18.9 Å². The summed E-state index contributed by atoms with van der Waals surface area (Å²) in [5.74, 6) is -0.498. The standard InChI is InChI=1S/C26H33O7P/c1-16(15-25(2,3)4)26(34-29,23(27)19-13-17(30-5)9-11-21(19)32-7)24(28)20-14-18(31-6)10-12-22(20)33-8/h9-14,16H,15H2,1-8H3. The molecule has 0 bridgehead atoms. The number of hydrogen-bond acceptors (Lipinski definition) is 7. The molecule has 2 rings (SSSR count). The number of carbonyl (C=O) groups excluding carboxylic acids is 2. The maximum absolute atomic E-state index is 14.2. The molecule has 0 N–H and O–H groups in total.